The maximum absolute atomic E-state index is 12.2. The summed E-state index contributed by atoms with van der Waals surface area (Å²) in [5.41, 5.74) is 1.33. The van der Waals surface area contributed by atoms with Gasteiger partial charge < -0.3 is 24.8 Å². The van der Waals surface area contributed by atoms with Crippen LogP contribution in [0.15, 0.2) is 36.4 Å². The molecule has 2 rings (SSSR count). The molecule has 2 N–H and O–H groups in total. The maximum atomic E-state index is 12.2. The molecule has 0 fully saturated rings. The average Bonchev–Trinajstić information content (AvgIpc) is 2.66. The summed E-state index contributed by atoms with van der Waals surface area (Å²) in [5.74, 6) is 0.472. The van der Waals surface area contributed by atoms with Gasteiger partial charge in [0.05, 0.1) is 31.5 Å². The molecule has 0 aromatic heterocycles. The number of hydrogen-bond donors (Lipinski definition) is 2. The van der Waals surface area contributed by atoms with Crippen LogP contribution in [-0.2, 0) is 9.59 Å². The summed E-state index contributed by atoms with van der Waals surface area (Å²) in [6, 6.07) is 11.5. The van der Waals surface area contributed by atoms with Gasteiger partial charge in [-0.3, -0.25) is 9.59 Å². The van der Waals surface area contributed by atoms with Crippen LogP contribution in [0.1, 0.15) is 12.5 Å². The molecule has 0 radical (unpaired) electrons. The lowest BCUT2D eigenvalue weighted by atomic mass is 10.2. The van der Waals surface area contributed by atoms with Gasteiger partial charge >= 0.3 is 0 Å². The van der Waals surface area contributed by atoms with Crippen LogP contribution in [0.5, 0.6) is 17.2 Å². The number of anilines is 2. The van der Waals surface area contributed by atoms with E-state index in [-0.39, 0.29) is 12.5 Å². The summed E-state index contributed by atoms with van der Waals surface area (Å²) in [7, 11) is 2.92. The Morgan fingerprint density at radius 1 is 1.00 bits per heavy atom. The molecule has 140 valence electrons. The second-order valence-electron chi connectivity index (χ2n) is 5.41. The first-order chi connectivity index (χ1) is 13.0. The Morgan fingerprint density at radius 3 is 2.33 bits per heavy atom. The van der Waals surface area contributed by atoms with Crippen LogP contribution in [0.2, 0.25) is 0 Å². The zero-order valence-corrected chi connectivity index (χ0v) is 15.2. The van der Waals surface area contributed by atoms with Gasteiger partial charge in [-0.05, 0) is 30.3 Å². The molecule has 0 saturated carbocycles. The van der Waals surface area contributed by atoms with E-state index < -0.39 is 5.91 Å². The van der Waals surface area contributed by atoms with Gasteiger partial charge in [0, 0.05) is 18.7 Å². The van der Waals surface area contributed by atoms with E-state index in [0.29, 0.717) is 34.2 Å². The second-order valence-corrected chi connectivity index (χ2v) is 5.41. The SMILES string of the molecule is COc1ccc(NC(C)=O)cc1NC(=O)COc1ccc(C#N)cc1OC. The largest absolute Gasteiger partial charge is 0.495 e. The summed E-state index contributed by atoms with van der Waals surface area (Å²) in [6.45, 7) is 1.11. The van der Waals surface area contributed by atoms with E-state index in [1.165, 1.54) is 27.2 Å². The Labute approximate surface area is 156 Å². The Kier molecular flexibility index (Phi) is 6.61. The summed E-state index contributed by atoms with van der Waals surface area (Å²) in [5, 5.41) is 14.2. The zero-order valence-electron chi connectivity index (χ0n) is 15.2. The van der Waals surface area contributed by atoms with Crippen LogP contribution in [0.3, 0.4) is 0 Å². The van der Waals surface area contributed by atoms with Crippen LogP contribution in [0.4, 0.5) is 11.4 Å². The number of ether oxygens (including phenoxy) is 3. The van der Waals surface area contributed by atoms with Gasteiger partial charge in [-0.25, -0.2) is 0 Å². The van der Waals surface area contributed by atoms with Crippen molar-refractivity contribution in [3.05, 3.63) is 42.0 Å². The van der Waals surface area contributed by atoms with Crippen LogP contribution in [-0.4, -0.2) is 32.6 Å². The third-order valence-electron chi connectivity index (χ3n) is 3.45. The van der Waals surface area contributed by atoms with E-state index in [4.69, 9.17) is 19.5 Å². The summed E-state index contributed by atoms with van der Waals surface area (Å²) >= 11 is 0. The minimum absolute atomic E-state index is 0.228. The molecule has 8 nitrogen and oxygen atoms in total. The fraction of sp³-hybridized carbons (Fsp3) is 0.211. The van der Waals surface area contributed by atoms with Crippen molar-refractivity contribution in [1.82, 2.24) is 0 Å². The summed E-state index contributed by atoms with van der Waals surface area (Å²) in [6.07, 6.45) is 0. The van der Waals surface area contributed by atoms with Crippen molar-refractivity contribution in [2.24, 2.45) is 0 Å². The predicted molar refractivity (Wildman–Crippen MR) is 99.1 cm³/mol. The number of carbonyl (C=O) groups is 2. The molecule has 0 saturated heterocycles. The molecule has 2 amide bonds. The first kappa shape index (κ1) is 19.6. The topological polar surface area (TPSA) is 110 Å². The number of nitrogens with zero attached hydrogens (tertiary/aromatic N) is 1. The lowest BCUT2D eigenvalue weighted by molar-refractivity contribution is -0.118. The Morgan fingerprint density at radius 2 is 1.70 bits per heavy atom. The monoisotopic (exact) mass is 369 g/mol. The van der Waals surface area contributed by atoms with Crippen molar-refractivity contribution in [2.45, 2.75) is 6.92 Å². The van der Waals surface area contributed by atoms with Crippen molar-refractivity contribution in [1.29, 1.82) is 5.26 Å². The van der Waals surface area contributed by atoms with Gasteiger partial charge in [0.15, 0.2) is 18.1 Å². The molecule has 0 heterocycles. The number of amides is 2. The van der Waals surface area contributed by atoms with Crippen LogP contribution in [0, 0.1) is 11.3 Å². The molecule has 0 spiro atoms. The summed E-state index contributed by atoms with van der Waals surface area (Å²) < 4.78 is 15.8. The molecule has 27 heavy (non-hydrogen) atoms. The lowest BCUT2D eigenvalue weighted by Gasteiger charge is -2.14. The molecule has 0 aliphatic rings. The minimum Gasteiger partial charge on any atom is -0.495 e. The van der Waals surface area contributed by atoms with Crippen molar-refractivity contribution in [2.75, 3.05) is 31.5 Å². The fourth-order valence-electron chi connectivity index (χ4n) is 2.27. The molecule has 0 unspecified atom stereocenters. The third kappa shape index (κ3) is 5.37. The standard InChI is InChI=1S/C19H19N3O5/c1-12(23)21-14-5-7-16(25-2)15(9-14)22-19(24)11-27-17-6-4-13(10-20)8-18(17)26-3/h4-9H,11H2,1-3H3,(H,21,23)(H,22,24). The van der Waals surface area contributed by atoms with Gasteiger partial charge in [0.2, 0.25) is 5.91 Å². The first-order valence-electron chi connectivity index (χ1n) is 7.93. The highest BCUT2D eigenvalue weighted by molar-refractivity contribution is 5.95. The van der Waals surface area contributed by atoms with Gasteiger partial charge in [-0.1, -0.05) is 0 Å². The van der Waals surface area contributed by atoms with Crippen molar-refractivity contribution < 1.29 is 23.8 Å². The molecule has 0 aliphatic heterocycles. The number of nitrogens with one attached hydrogen (secondary N) is 2. The molecule has 8 heteroatoms. The van der Waals surface area contributed by atoms with E-state index in [1.807, 2.05) is 6.07 Å². The van der Waals surface area contributed by atoms with Crippen molar-refractivity contribution in [3.8, 4) is 23.3 Å². The highest BCUT2D eigenvalue weighted by Crippen LogP contribution is 2.29. The summed E-state index contributed by atoms with van der Waals surface area (Å²) in [4.78, 5) is 23.4. The van der Waals surface area contributed by atoms with Crippen molar-refractivity contribution >= 4 is 23.2 Å². The normalized spacial score (nSPS) is 9.70. The Bertz CT molecular complexity index is 889. The van der Waals surface area contributed by atoms with Crippen LogP contribution >= 0.6 is 0 Å². The predicted octanol–water partition coefficient (Wildman–Crippen LogP) is 2.55. The number of carbonyl (C=O) groups excluding carboxylic acids is 2. The number of rotatable bonds is 7. The second kappa shape index (κ2) is 9.10. The molecular formula is C19H19N3O5. The third-order valence-corrected chi connectivity index (χ3v) is 3.45. The number of methoxy groups -OCH3 is 2. The maximum Gasteiger partial charge on any atom is 0.262 e. The van der Waals surface area contributed by atoms with Crippen LogP contribution in [0.25, 0.3) is 0 Å². The van der Waals surface area contributed by atoms with E-state index >= 15 is 0 Å². The molecule has 2 aromatic carbocycles. The molecule has 2 aromatic rings. The Hall–Kier alpha value is -3.73. The van der Waals surface area contributed by atoms with E-state index in [2.05, 4.69) is 10.6 Å². The highest BCUT2D eigenvalue weighted by atomic mass is 16.5. The quantitative estimate of drug-likeness (QED) is 0.776. The van der Waals surface area contributed by atoms with Gasteiger partial charge in [0.1, 0.15) is 5.75 Å². The van der Waals surface area contributed by atoms with Gasteiger partial charge in [0.25, 0.3) is 5.91 Å². The van der Waals surface area contributed by atoms with Gasteiger partial charge in [-0.15, -0.1) is 0 Å². The molecule has 0 atom stereocenters. The van der Waals surface area contributed by atoms with Crippen LogP contribution < -0.4 is 24.8 Å². The molecule has 0 aliphatic carbocycles. The van der Waals surface area contributed by atoms with E-state index in [0.717, 1.165) is 0 Å². The molecular weight excluding hydrogens is 350 g/mol. The van der Waals surface area contributed by atoms with Crippen molar-refractivity contribution in [3.63, 3.8) is 0 Å². The first-order valence-corrected chi connectivity index (χ1v) is 7.93. The zero-order chi connectivity index (χ0) is 19.8. The Balaban J connectivity index is 2.07. The van der Waals surface area contributed by atoms with E-state index in [9.17, 15) is 9.59 Å². The number of nitriles is 1. The fourth-order valence-corrected chi connectivity index (χ4v) is 2.27. The molecule has 0 bridgehead atoms. The number of benzene rings is 2. The minimum atomic E-state index is -0.431. The average molecular weight is 369 g/mol. The highest BCUT2D eigenvalue weighted by Gasteiger charge is 2.12. The van der Waals surface area contributed by atoms with E-state index in [1.54, 1.807) is 30.3 Å². The smallest absolute Gasteiger partial charge is 0.262 e. The number of hydrogen-bond acceptors (Lipinski definition) is 6. The van der Waals surface area contributed by atoms with Gasteiger partial charge in [-0.2, -0.15) is 5.26 Å². The lowest BCUT2D eigenvalue weighted by Crippen LogP contribution is -2.21.